The first-order valence-corrected chi connectivity index (χ1v) is 6.55. The molecule has 0 aromatic heterocycles. The number of nitro groups is 1. The van der Waals surface area contributed by atoms with Crippen molar-refractivity contribution in [3.63, 3.8) is 0 Å². The van der Waals surface area contributed by atoms with Gasteiger partial charge in [0.1, 0.15) is 0 Å². The number of para-hydroxylation sites is 1. The molecule has 0 unspecified atom stereocenters. The maximum atomic E-state index is 10.9. The smallest absolute Gasteiger partial charge is 0.315 e. The largest absolute Gasteiger partial charge is 0.490 e. The lowest BCUT2D eigenvalue weighted by Crippen LogP contribution is -2.02. The molecule has 1 rings (SSSR count). The van der Waals surface area contributed by atoms with Crippen molar-refractivity contribution < 1.29 is 18.1 Å². The number of rotatable bonds is 4. The van der Waals surface area contributed by atoms with E-state index in [1.54, 1.807) is 0 Å². The Labute approximate surface area is 96.4 Å². The number of hydrogen-bond acceptors (Lipinski definition) is 5. The van der Waals surface area contributed by atoms with E-state index in [9.17, 15) is 18.5 Å². The monoisotopic (exact) mass is 265 g/mol. The zero-order valence-electron chi connectivity index (χ0n) is 8.21. The van der Waals surface area contributed by atoms with Crippen LogP contribution in [0.15, 0.2) is 18.2 Å². The van der Waals surface area contributed by atoms with Gasteiger partial charge in [-0.05, 0) is 6.07 Å². The van der Waals surface area contributed by atoms with Crippen molar-refractivity contribution in [1.29, 1.82) is 0 Å². The van der Waals surface area contributed by atoms with Crippen LogP contribution in [0.25, 0.3) is 0 Å². The molecule has 0 saturated carbocycles. The number of ether oxygens (including phenoxy) is 1. The maximum Gasteiger partial charge on any atom is 0.315 e. The summed E-state index contributed by atoms with van der Waals surface area (Å²) in [5, 5.41) is 10.8. The third-order valence-electron chi connectivity index (χ3n) is 1.81. The molecule has 16 heavy (non-hydrogen) atoms. The molecule has 1 aromatic rings. The van der Waals surface area contributed by atoms with Gasteiger partial charge in [-0.2, -0.15) is 0 Å². The third kappa shape index (κ3) is 3.07. The molecule has 0 atom stereocenters. The molecule has 0 aliphatic carbocycles. The van der Waals surface area contributed by atoms with Crippen molar-refractivity contribution in [3.8, 4) is 5.75 Å². The van der Waals surface area contributed by atoms with Gasteiger partial charge in [0.2, 0.25) is 9.05 Å². The fourth-order valence-corrected chi connectivity index (χ4v) is 2.20. The van der Waals surface area contributed by atoms with E-state index < -0.39 is 19.7 Å². The molecular formula is C8H8ClNO5S. The average molecular weight is 266 g/mol. The quantitative estimate of drug-likeness (QED) is 0.469. The Balaban J connectivity index is 3.33. The van der Waals surface area contributed by atoms with E-state index in [4.69, 9.17) is 15.4 Å². The van der Waals surface area contributed by atoms with Crippen LogP contribution in [-0.2, 0) is 14.8 Å². The highest BCUT2D eigenvalue weighted by atomic mass is 35.7. The minimum absolute atomic E-state index is 0.000602. The number of hydrogen-bond donors (Lipinski definition) is 0. The van der Waals surface area contributed by atoms with Gasteiger partial charge in [-0.3, -0.25) is 10.1 Å². The lowest BCUT2D eigenvalue weighted by Gasteiger charge is -2.05. The molecule has 0 bridgehead atoms. The second-order valence-electron chi connectivity index (χ2n) is 2.91. The zero-order chi connectivity index (χ0) is 12.3. The first-order valence-electron chi connectivity index (χ1n) is 4.08. The standard InChI is InChI=1S/C8H8ClNO5S/c1-15-7-4-2-3-6(5-16(9,13)14)8(7)10(11)12/h2-4H,5H2,1H3. The molecule has 8 heteroatoms. The summed E-state index contributed by atoms with van der Waals surface area (Å²) in [6, 6.07) is 4.16. The average Bonchev–Trinajstić information content (AvgIpc) is 2.14. The molecule has 0 amide bonds. The normalized spacial score (nSPS) is 11.1. The topological polar surface area (TPSA) is 86.5 Å². The Morgan fingerprint density at radius 1 is 1.50 bits per heavy atom. The van der Waals surface area contributed by atoms with Crippen molar-refractivity contribution in [2.45, 2.75) is 5.75 Å². The van der Waals surface area contributed by atoms with Crippen LogP contribution in [-0.4, -0.2) is 20.5 Å². The minimum atomic E-state index is -3.85. The number of nitro benzene ring substituents is 1. The predicted octanol–water partition coefficient (Wildman–Crippen LogP) is 1.67. The fourth-order valence-electron chi connectivity index (χ4n) is 1.24. The van der Waals surface area contributed by atoms with Gasteiger partial charge in [0.15, 0.2) is 5.75 Å². The summed E-state index contributed by atoms with van der Waals surface area (Å²) >= 11 is 0. The van der Waals surface area contributed by atoms with Crippen molar-refractivity contribution in [1.82, 2.24) is 0 Å². The highest BCUT2D eigenvalue weighted by Crippen LogP contribution is 2.32. The molecule has 0 spiro atoms. The number of methoxy groups -OCH3 is 1. The molecule has 0 radical (unpaired) electrons. The summed E-state index contributed by atoms with van der Waals surface area (Å²) in [5.41, 5.74) is -0.381. The summed E-state index contributed by atoms with van der Waals surface area (Å²) in [6.07, 6.45) is 0. The van der Waals surface area contributed by atoms with Crippen LogP contribution in [0.3, 0.4) is 0 Å². The van der Waals surface area contributed by atoms with Gasteiger partial charge in [-0.25, -0.2) is 8.42 Å². The van der Waals surface area contributed by atoms with Crippen LogP contribution in [0.2, 0.25) is 0 Å². The molecule has 0 aliphatic rings. The number of benzene rings is 1. The second-order valence-corrected chi connectivity index (χ2v) is 5.69. The van der Waals surface area contributed by atoms with E-state index in [1.165, 1.54) is 25.3 Å². The lowest BCUT2D eigenvalue weighted by atomic mass is 10.2. The fraction of sp³-hybridized carbons (Fsp3) is 0.250. The first-order chi connectivity index (χ1) is 7.35. The van der Waals surface area contributed by atoms with E-state index in [0.29, 0.717) is 0 Å². The van der Waals surface area contributed by atoms with Crippen LogP contribution < -0.4 is 4.74 Å². The molecule has 0 saturated heterocycles. The van der Waals surface area contributed by atoms with Crippen molar-refractivity contribution >= 4 is 25.4 Å². The molecule has 0 fully saturated rings. The maximum absolute atomic E-state index is 10.9. The van der Waals surface area contributed by atoms with Gasteiger partial charge < -0.3 is 4.74 Å². The van der Waals surface area contributed by atoms with Crippen LogP contribution in [0.4, 0.5) is 5.69 Å². The Morgan fingerprint density at radius 3 is 2.56 bits per heavy atom. The summed E-state index contributed by atoms with van der Waals surface area (Å²) in [6.45, 7) is 0. The van der Waals surface area contributed by atoms with Gasteiger partial charge in [0, 0.05) is 10.7 Å². The Bertz CT molecular complexity index is 513. The van der Waals surface area contributed by atoms with E-state index in [2.05, 4.69) is 0 Å². The van der Waals surface area contributed by atoms with Gasteiger partial charge in [0.25, 0.3) is 0 Å². The lowest BCUT2D eigenvalue weighted by molar-refractivity contribution is -0.386. The zero-order valence-corrected chi connectivity index (χ0v) is 9.79. The molecule has 88 valence electrons. The van der Waals surface area contributed by atoms with E-state index in [0.717, 1.165) is 0 Å². The number of halogens is 1. The molecule has 0 N–H and O–H groups in total. The molecule has 1 aromatic carbocycles. The molecule has 0 heterocycles. The van der Waals surface area contributed by atoms with Gasteiger partial charge in [0.05, 0.1) is 23.3 Å². The van der Waals surface area contributed by atoms with Crippen molar-refractivity contribution in [2.24, 2.45) is 0 Å². The van der Waals surface area contributed by atoms with E-state index in [-0.39, 0.29) is 17.0 Å². The highest BCUT2D eigenvalue weighted by Gasteiger charge is 2.23. The van der Waals surface area contributed by atoms with Crippen LogP contribution in [0.5, 0.6) is 5.75 Å². The SMILES string of the molecule is COc1cccc(CS(=O)(=O)Cl)c1[N+](=O)[O-]. The summed E-state index contributed by atoms with van der Waals surface area (Å²) in [5.74, 6) is -0.606. The van der Waals surface area contributed by atoms with Crippen molar-refractivity contribution in [2.75, 3.05) is 7.11 Å². The molecule has 6 nitrogen and oxygen atoms in total. The van der Waals surface area contributed by atoms with Gasteiger partial charge >= 0.3 is 5.69 Å². The first kappa shape index (κ1) is 12.7. The van der Waals surface area contributed by atoms with Crippen molar-refractivity contribution in [3.05, 3.63) is 33.9 Å². The Kier molecular flexibility index (Phi) is 3.71. The second kappa shape index (κ2) is 4.67. The van der Waals surface area contributed by atoms with Crippen LogP contribution in [0, 0.1) is 10.1 Å². The van der Waals surface area contributed by atoms with Crippen LogP contribution in [0.1, 0.15) is 5.56 Å². The number of nitrogens with zero attached hydrogens (tertiary/aromatic N) is 1. The van der Waals surface area contributed by atoms with Gasteiger partial charge in [-0.1, -0.05) is 12.1 Å². The Morgan fingerprint density at radius 2 is 2.12 bits per heavy atom. The molecule has 0 aliphatic heterocycles. The van der Waals surface area contributed by atoms with Crippen LogP contribution >= 0.6 is 10.7 Å². The van der Waals surface area contributed by atoms with E-state index in [1.807, 2.05) is 0 Å². The minimum Gasteiger partial charge on any atom is -0.490 e. The van der Waals surface area contributed by atoms with Gasteiger partial charge in [-0.15, -0.1) is 0 Å². The molecular weight excluding hydrogens is 258 g/mol. The van der Waals surface area contributed by atoms with E-state index >= 15 is 0 Å². The highest BCUT2D eigenvalue weighted by molar-refractivity contribution is 8.13. The summed E-state index contributed by atoms with van der Waals surface area (Å²) < 4.78 is 26.5. The third-order valence-corrected chi connectivity index (χ3v) is 2.80. The summed E-state index contributed by atoms with van der Waals surface area (Å²) in [4.78, 5) is 10.1. The Hall–Kier alpha value is -1.34. The predicted molar refractivity (Wildman–Crippen MR) is 58.1 cm³/mol. The summed E-state index contributed by atoms with van der Waals surface area (Å²) in [7, 11) is 2.47.